The Morgan fingerprint density at radius 3 is 2.30 bits per heavy atom. The van der Waals surface area contributed by atoms with E-state index in [1.165, 1.54) is 49.3 Å². The van der Waals surface area contributed by atoms with E-state index in [1.54, 1.807) is 13.8 Å². The summed E-state index contributed by atoms with van der Waals surface area (Å²) in [6.45, 7) is 6.56. The number of halogens is 1. The number of anilines is 1. The maximum absolute atomic E-state index is 14.2. The highest BCUT2D eigenvalue weighted by atomic mass is 35.5. The Bertz CT molecular complexity index is 1600. The Labute approximate surface area is 256 Å². The van der Waals surface area contributed by atoms with Crippen molar-refractivity contribution in [3.63, 3.8) is 0 Å². The monoisotopic (exact) mass is 630 g/mol. The summed E-state index contributed by atoms with van der Waals surface area (Å²) in [5, 5.41) is 14.6. The van der Waals surface area contributed by atoms with E-state index in [0.29, 0.717) is 6.54 Å². The van der Waals surface area contributed by atoms with E-state index in [-0.39, 0.29) is 40.9 Å². The molecule has 3 aromatic rings. The molecular formula is C30H35ClN4O7S. The zero-order valence-electron chi connectivity index (χ0n) is 24.7. The fraction of sp³-hybridized carbons (Fsp3) is 0.333. The van der Waals surface area contributed by atoms with Crippen molar-refractivity contribution < 1.29 is 27.7 Å². The summed E-state index contributed by atoms with van der Waals surface area (Å²) in [7, 11) is -3.27. The predicted molar refractivity (Wildman–Crippen MR) is 165 cm³/mol. The highest BCUT2D eigenvalue weighted by Crippen LogP contribution is 2.36. The van der Waals surface area contributed by atoms with Gasteiger partial charge in [-0.25, -0.2) is 8.42 Å². The Morgan fingerprint density at radius 2 is 1.72 bits per heavy atom. The van der Waals surface area contributed by atoms with Crippen LogP contribution in [0.2, 0.25) is 5.02 Å². The molecule has 0 spiro atoms. The number of aryl methyl sites for hydroxylation is 2. The lowest BCUT2D eigenvalue weighted by molar-refractivity contribution is -0.385. The second kappa shape index (κ2) is 14.3. The smallest absolute Gasteiger partial charge is 0.273 e. The number of hydrogen-bond acceptors (Lipinski definition) is 7. The Morgan fingerprint density at radius 1 is 1.05 bits per heavy atom. The summed E-state index contributed by atoms with van der Waals surface area (Å²) in [5.74, 6) is -0.955. The number of carbonyl (C=O) groups is 2. The first-order valence-corrected chi connectivity index (χ1v) is 15.4. The average Bonchev–Trinajstić information content (AvgIpc) is 2.96. The number of sulfonamides is 1. The minimum atomic E-state index is -4.60. The first kappa shape index (κ1) is 33.3. The van der Waals surface area contributed by atoms with E-state index in [2.05, 4.69) is 5.32 Å². The molecule has 13 heteroatoms. The Balaban J connectivity index is 2.18. The molecule has 0 unspecified atom stereocenters. The molecule has 43 heavy (non-hydrogen) atoms. The third-order valence-electron chi connectivity index (χ3n) is 6.86. The molecule has 0 aliphatic carbocycles. The number of nitrogens with zero attached hydrogens (tertiary/aromatic N) is 3. The number of nitrogens with one attached hydrogen (secondary N) is 1. The van der Waals surface area contributed by atoms with Crippen LogP contribution in [0.25, 0.3) is 0 Å². The summed E-state index contributed by atoms with van der Waals surface area (Å²) in [6.07, 6.45) is 0.265. The lowest BCUT2D eigenvalue weighted by atomic mass is 10.1. The van der Waals surface area contributed by atoms with Gasteiger partial charge in [0.15, 0.2) is 0 Å². The topological polar surface area (TPSA) is 139 Å². The van der Waals surface area contributed by atoms with Crippen molar-refractivity contribution in [3.05, 3.63) is 92.5 Å². The molecule has 2 amide bonds. The van der Waals surface area contributed by atoms with Crippen molar-refractivity contribution >= 4 is 44.8 Å². The summed E-state index contributed by atoms with van der Waals surface area (Å²) >= 11 is 6.26. The van der Waals surface area contributed by atoms with Crippen LogP contribution >= 0.6 is 11.6 Å². The number of rotatable bonds is 13. The average molecular weight is 631 g/mol. The summed E-state index contributed by atoms with van der Waals surface area (Å²) in [4.78, 5) is 39.1. The Kier molecular flexibility index (Phi) is 11.1. The fourth-order valence-electron chi connectivity index (χ4n) is 4.55. The number of amides is 2. The van der Waals surface area contributed by atoms with Crippen molar-refractivity contribution in [1.29, 1.82) is 0 Å². The van der Waals surface area contributed by atoms with Crippen molar-refractivity contribution in [2.75, 3.05) is 24.5 Å². The highest BCUT2D eigenvalue weighted by molar-refractivity contribution is 7.92. The minimum Gasteiger partial charge on any atom is -0.495 e. The van der Waals surface area contributed by atoms with Gasteiger partial charge in [-0.2, -0.15) is 0 Å². The molecule has 11 nitrogen and oxygen atoms in total. The molecule has 0 fully saturated rings. The van der Waals surface area contributed by atoms with Gasteiger partial charge in [0, 0.05) is 29.7 Å². The van der Waals surface area contributed by atoms with E-state index in [4.69, 9.17) is 16.3 Å². The van der Waals surface area contributed by atoms with Crippen LogP contribution in [0, 0.1) is 24.0 Å². The molecule has 230 valence electrons. The third-order valence-corrected chi connectivity index (χ3v) is 8.86. The zero-order valence-corrected chi connectivity index (χ0v) is 26.2. The molecule has 0 aromatic heterocycles. The molecule has 0 radical (unpaired) electrons. The molecule has 3 rings (SSSR count). The number of nitro groups is 1. The van der Waals surface area contributed by atoms with E-state index in [0.717, 1.165) is 21.5 Å². The lowest BCUT2D eigenvalue weighted by Gasteiger charge is -2.33. The first-order valence-electron chi connectivity index (χ1n) is 13.6. The van der Waals surface area contributed by atoms with Gasteiger partial charge in [-0.1, -0.05) is 54.4 Å². The van der Waals surface area contributed by atoms with E-state index in [1.807, 2.05) is 31.2 Å². The summed E-state index contributed by atoms with van der Waals surface area (Å²) < 4.78 is 34.6. The van der Waals surface area contributed by atoms with Crippen molar-refractivity contribution in [2.45, 2.75) is 51.6 Å². The van der Waals surface area contributed by atoms with Gasteiger partial charge >= 0.3 is 0 Å². The van der Waals surface area contributed by atoms with Gasteiger partial charge in [-0.05, 0) is 57.0 Å². The normalized spacial score (nSPS) is 11.9. The number of benzene rings is 3. The zero-order chi connectivity index (χ0) is 31.9. The van der Waals surface area contributed by atoms with E-state index < -0.39 is 44.0 Å². The maximum Gasteiger partial charge on any atom is 0.273 e. The van der Waals surface area contributed by atoms with Gasteiger partial charge in [0.05, 0.1) is 22.6 Å². The molecule has 3 aromatic carbocycles. The van der Waals surface area contributed by atoms with E-state index in [9.17, 15) is 28.1 Å². The number of carbonyl (C=O) groups excluding carboxylic acids is 2. The molecule has 1 N–H and O–H groups in total. The largest absolute Gasteiger partial charge is 0.495 e. The van der Waals surface area contributed by atoms with Crippen LogP contribution < -0.4 is 14.4 Å². The van der Waals surface area contributed by atoms with Crippen molar-refractivity contribution in [2.24, 2.45) is 0 Å². The maximum atomic E-state index is 14.2. The number of methoxy groups -OCH3 is 1. The van der Waals surface area contributed by atoms with Gasteiger partial charge in [-0.15, -0.1) is 0 Å². The van der Waals surface area contributed by atoms with Crippen LogP contribution in [0.3, 0.4) is 0 Å². The number of nitro benzene ring substituents is 1. The van der Waals surface area contributed by atoms with Crippen LogP contribution in [0.5, 0.6) is 5.75 Å². The Hall–Kier alpha value is -4.16. The second-order valence-electron chi connectivity index (χ2n) is 9.86. The van der Waals surface area contributed by atoms with Gasteiger partial charge in [0.2, 0.25) is 11.8 Å². The van der Waals surface area contributed by atoms with Gasteiger partial charge in [-0.3, -0.25) is 24.0 Å². The standard InChI is InChI=1S/C30H35ClN4O7S/c1-6-25(30(37)32-7-2)33(18-22-11-8-20(3)9-12-22)29(36)19-34(27-16-23(31)13-15-28(27)42-5)43(40,41)24-14-10-21(4)26(17-24)35(38)39/h8-17,25H,6-7,18-19H2,1-5H3,(H,32,37)/t25-/m0/s1. The molecular weight excluding hydrogens is 596 g/mol. The third kappa shape index (κ3) is 7.82. The quantitative estimate of drug-likeness (QED) is 0.207. The van der Waals surface area contributed by atoms with Crippen molar-refractivity contribution in [1.82, 2.24) is 10.2 Å². The molecule has 0 aliphatic rings. The molecule has 0 bridgehead atoms. The van der Waals surface area contributed by atoms with Gasteiger partial charge < -0.3 is 15.0 Å². The van der Waals surface area contributed by atoms with Crippen LogP contribution in [0.1, 0.15) is 37.0 Å². The van der Waals surface area contributed by atoms with Crippen LogP contribution in [-0.4, -0.2) is 56.3 Å². The first-order chi connectivity index (χ1) is 20.3. The molecule has 0 heterocycles. The molecule has 0 aliphatic heterocycles. The van der Waals surface area contributed by atoms with Crippen LogP contribution in [0.4, 0.5) is 11.4 Å². The van der Waals surface area contributed by atoms with Gasteiger partial charge in [0.25, 0.3) is 15.7 Å². The molecule has 0 saturated heterocycles. The number of likely N-dealkylation sites (N-methyl/N-ethyl adjacent to an activating group) is 1. The molecule has 0 saturated carbocycles. The van der Waals surface area contributed by atoms with Crippen LogP contribution in [0.15, 0.2) is 65.6 Å². The predicted octanol–water partition coefficient (Wildman–Crippen LogP) is 5.01. The van der Waals surface area contributed by atoms with Crippen molar-refractivity contribution in [3.8, 4) is 5.75 Å². The van der Waals surface area contributed by atoms with E-state index >= 15 is 0 Å². The number of hydrogen-bond donors (Lipinski definition) is 1. The fourth-order valence-corrected chi connectivity index (χ4v) is 6.15. The van der Waals surface area contributed by atoms with Crippen LogP contribution in [-0.2, 0) is 26.2 Å². The highest BCUT2D eigenvalue weighted by Gasteiger charge is 2.35. The number of ether oxygens (including phenoxy) is 1. The lowest BCUT2D eigenvalue weighted by Crippen LogP contribution is -2.52. The summed E-state index contributed by atoms with van der Waals surface area (Å²) in [6, 6.07) is 14.3. The SMILES string of the molecule is CCNC(=O)[C@H](CC)N(Cc1ccc(C)cc1)C(=O)CN(c1cc(Cl)ccc1OC)S(=O)(=O)c1ccc(C)c([N+](=O)[O-])c1. The minimum absolute atomic E-state index is 0.0331. The van der Waals surface area contributed by atoms with Gasteiger partial charge in [0.1, 0.15) is 18.3 Å². The summed E-state index contributed by atoms with van der Waals surface area (Å²) in [5.41, 5.74) is 1.58. The molecule has 1 atom stereocenters. The second-order valence-corrected chi connectivity index (χ2v) is 12.2.